The number of carbonyl (C=O) groups excluding carboxylic acids is 1. The van der Waals surface area contributed by atoms with E-state index in [0.717, 1.165) is 29.7 Å². The van der Waals surface area contributed by atoms with Crippen LogP contribution < -0.4 is 5.32 Å². The Balaban J connectivity index is 1.33. The number of carbonyl (C=O) groups is 1. The zero-order chi connectivity index (χ0) is 22.5. The summed E-state index contributed by atoms with van der Waals surface area (Å²) in [4.78, 5) is 28.8. The lowest BCUT2D eigenvalue weighted by Crippen LogP contribution is -2.24. The molecule has 1 fully saturated rings. The molecular weight excluding hydrogens is 411 g/mol. The highest BCUT2D eigenvalue weighted by Crippen LogP contribution is 2.39. The molecule has 1 aliphatic rings. The number of imidazole rings is 1. The second kappa shape index (κ2) is 7.51. The first-order valence-electron chi connectivity index (χ1n) is 10.6. The topological polar surface area (TPSA) is 110 Å². The standard InChI is InChI=1S/C23H23FN6O2/c1-23(2,3)22-29-21(32-30-22)20(31)26-11-14-7-6-13(10-16(14)24)15-8-9-25-19-17(15)27-18(28-19)12-4-5-12/h6-10,12H,4-5,11H2,1-3H3,(H,26,31)(H,25,27,28). The van der Waals surface area contributed by atoms with Crippen molar-refractivity contribution in [3.63, 3.8) is 0 Å². The van der Waals surface area contributed by atoms with Crippen LogP contribution in [0.4, 0.5) is 4.39 Å². The molecule has 32 heavy (non-hydrogen) atoms. The van der Waals surface area contributed by atoms with Crippen molar-refractivity contribution in [2.75, 3.05) is 0 Å². The Morgan fingerprint density at radius 3 is 2.75 bits per heavy atom. The summed E-state index contributed by atoms with van der Waals surface area (Å²) in [6.07, 6.45) is 3.95. The summed E-state index contributed by atoms with van der Waals surface area (Å²) >= 11 is 0. The Hall–Kier alpha value is -3.62. The molecule has 164 valence electrons. The van der Waals surface area contributed by atoms with Crippen LogP contribution in [-0.4, -0.2) is 31.0 Å². The number of aromatic nitrogens is 5. The van der Waals surface area contributed by atoms with Gasteiger partial charge in [-0.15, -0.1) is 0 Å². The van der Waals surface area contributed by atoms with Crippen molar-refractivity contribution < 1.29 is 13.7 Å². The summed E-state index contributed by atoms with van der Waals surface area (Å²) in [6.45, 7) is 5.76. The first-order chi connectivity index (χ1) is 15.3. The summed E-state index contributed by atoms with van der Waals surface area (Å²) < 4.78 is 19.9. The number of nitrogens with one attached hydrogen (secondary N) is 2. The van der Waals surface area contributed by atoms with Crippen molar-refractivity contribution in [1.82, 2.24) is 30.4 Å². The molecule has 0 saturated heterocycles. The summed E-state index contributed by atoms with van der Waals surface area (Å²) in [7, 11) is 0. The second-order valence-corrected chi connectivity index (χ2v) is 9.11. The lowest BCUT2D eigenvalue weighted by atomic mass is 9.96. The van der Waals surface area contributed by atoms with E-state index in [9.17, 15) is 9.18 Å². The average Bonchev–Trinajstić information content (AvgIpc) is 3.30. The van der Waals surface area contributed by atoms with E-state index >= 15 is 0 Å². The number of H-pyrrole nitrogens is 1. The molecule has 1 saturated carbocycles. The van der Waals surface area contributed by atoms with Crippen LogP contribution in [0.2, 0.25) is 0 Å². The van der Waals surface area contributed by atoms with Gasteiger partial charge >= 0.3 is 11.8 Å². The maximum atomic E-state index is 14.8. The Morgan fingerprint density at radius 2 is 2.06 bits per heavy atom. The molecule has 0 aliphatic heterocycles. The SMILES string of the molecule is CC(C)(C)c1noc(C(=O)NCc2ccc(-c3ccnc4[nH]c(C5CC5)nc34)cc2F)n1. The molecule has 0 bridgehead atoms. The van der Waals surface area contributed by atoms with Crippen molar-refractivity contribution in [2.45, 2.75) is 51.5 Å². The van der Waals surface area contributed by atoms with Crippen LogP contribution in [0.3, 0.4) is 0 Å². The first-order valence-corrected chi connectivity index (χ1v) is 10.6. The Labute approximate surface area is 183 Å². The van der Waals surface area contributed by atoms with Gasteiger partial charge in [-0.1, -0.05) is 38.1 Å². The van der Waals surface area contributed by atoms with Crippen LogP contribution >= 0.6 is 0 Å². The number of rotatable bonds is 5. The number of fused-ring (bicyclic) bond motifs is 1. The average molecular weight is 434 g/mol. The van der Waals surface area contributed by atoms with Crippen molar-refractivity contribution in [2.24, 2.45) is 0 Å². The number of hydrogen-bond acceptors (Lipinski definition) is 6. The van der Waals surface area contributed by atoms with Gasteiger partial charge in [-0.3, -0.25) is 4.79 Å². The minimum Gasteiger partial charge on any atom is -0.344 e. The molecule has 0 spiro atoms. The zero-order valence-corrected chi connectivity index (χ0v) is 18.1. The van der Waals surface area contributed by atoms with Gasteiger partial charge in [-0.05, 0) is 30.5 Å². The van der Waals surface area contributed by atoms with E-state index in [1.165, 1.54) is 6.07 Å². The van der Waals surface area contributed by atoms with Gasteiger partial charge in [0, 0.05) is 35.2 Å². The molecule has 4 aromatic rings. The lowest BCUT2D eigenvalue weighted by molar-refractivity contribution is 0.0906. The highest BCUT2D eigenvalue weighted by molar-refractivity contribution is 5.90. The van der Waals surface area contributed by atoms with Crippen molar-refractivity contribution in [3.05, 3.63) is 59.4 Å². The molecule has 0 radical (unpaired) electrons. The Kier molecular flexibility index (Phi) is 4.76. The normalized spacial score (nSPS) is 14.1. The quantitative estimate of drug-likeness (QED) is 0.486. The summed E-state index contributed by atoms with van der Waals surface area (Å²) in [5.74, 6) is 0.734. The van der Waals surface area contributed by atoms with Crippen molar-refractivity contribution >= 4 is 17.1 Å². The smallest absolute Gasteiger partial charge is 0.315 e. The number of benzene rings is 1. The number of pyridine rings is 1. The van der Waals surface area contributed by atoms with Gasteiger partial charge in [-0.2, -0.15) is 4.98 Å². The van der Waals surface area contributed by atoms with Crippen LogP contribution in [0, 0.1) is 5.82 Å². The second-order valence-electron chi connectivity index (χ2n) is 9.11. The van der Waals surface area contributed by atoms with E-state index in [4.69, 9.17) is 9.51 Å². The molecule has 3 heterocycles. The van der Waals surface area contributed by atoms with Gasteiger partial charge in [0.05, 0.1) is 0 Å². The van der Waals surface area contributed by atoms with Crippen LogP contribution in [0.1, 0.15) is 67.4 Å². The van der Waals surface area contributed by atoms with Gasteiger partial charge in [0.1, 0.15) is 17.2 Å². The van der Waals surface area contributed by atoms with Crippen LogP contribution in [-0.2, 0) is 12.0 Å². The molecule has 0 atom stereocenters. The number of aromatic amines is 1. The van der Waals surface area contributed by atoms with Crippen LogP contribution in [0.25, 0.3) is 22.3 Å². The third-order valence-corrected chi connectivity index (χ3v) is 5.46. The minimum atomic E-state index is -0.545. The number of halogens is 1. The summed E-state index contributed by atoms with van der Waals surface area (Å²) in [6, 6.07) is 6.75. The van der Waals surface area contributed by atoms with Gasteiger partial charge in [0.2, 0.25) is 0 Å². The maximum Gasteiger partial charge on any atom is 0.315 e. The van der Waals surface area contributed by atoms with E-state index in [0.29, 0.717) is 28.5 Å². The van der Waals surface area contributed by atoms with Gasteiger partial charge < -0.3 is 14.8 Å². The van der Waals surface area contributed by atoms with Gasteiger partial charge in [0.15, 0.2) is 11.5 Å². The van der Waals surface area contributed by atoms with E-state index in [2.05, 4.69) is 25.4 Å². The molecule has 0 unspecified atom stereocenters. The van der Waals surface area contributed by atoms with Gasteiger partial charge in [-0.25, -0.2) is 14.4 Å². The van der Waals surface area contributed by atoms with E-state index in [1.807, 2.05) is 32.9 Å². The molecule has 5 rings (SSSR count). The number of hydrogen-bond donors (Lipinski definition) is 2. The fraction of sp³-hybridized carbons (Fsp3) is 0.348. The number of amides is 1. The Bertz CT molecular complexity index is 1320. The lowest BCUT2D eigenvalue weighted by Gasteiger charge is -2.10. The summed E-state index contributed by atoms with van der Waals surface area (Å²) in [5.41, 5.74) is 2.97. The fourth-order valence-electron chi connectivity index (χ4n) is 3.44. The van der Waals surface area contributed by atoms with Crippen molar-refractivity contribution in [1.29, 1.82) is 0 Å². The first kappa shape index (κ1) is 20.3. The monoisotopic (exact) mass is 434 g/mol. The largest absolute Gasteiger partial charge is 0.344 e. The maximum absolute atomic E-state index is 14.8. The highest BCUT2D eigenvalue weighted by Gasteiger charge is 2.27. The molecule has 1 aromatic carbocycles. The van der Waals surface area contributed by atoms with E-state index in [-0.39, 0.29) is 17.9 Å². The van der Waals surface area contributed by atoms with Crippen LogP contribution in [0.15, 0.2) is 35.0 Å². The highest BCUT2D eigenvalue weighted by atomic mass is 19.1. The number of nitrogens with zero attached hydrogens (tertiary/aromatic N) is 4. The Morgan fingerprint density at radius 1 is 1.25 bits per heavy atom. The molecule has 3 aromatic heterocycles. The third kappa shape index (κ3) is 3.86. The van der Waals surface area contributed by atoms with E-state index in [1.54, 1.807) is 12.3 Å². The molecule has 1 aliphatic carbocycles. The van der Waals surface area contributed by atoms with Crippen LogP contribution in [0.5, 0.6) is 0 Å². The minimum absolute atomic E-state index is 0.00182. The molecule has 8 nitrogen and oxygen atoms in total. The zero-order valence-electron chi connectivity index (χ0n) is 18.1. The third-order valence-electron chi connectivity index (χ3n) is 5.46. The molecule has 9 heteroatoms. The molecule has 2 N–H and O–H groups in total. The van der Waals surface area contributed by atoms with Gasteiger partial charge in [0.25, 0.3) is 0 Å². The predicted molar refractivity (Wildman–Crippen MR) is 115 cm³/mol. The molecule has 1 amide bonds. The summed E-state index contributed by atoms with van der Waals surface area (Å²) in [5, 5.41) is 6.46. The predicted octanol–water partition coefficient (Wildman–Crippen LogP) is 4.25. The fourth-order valence-corrected chi connectivity index (χ4v) is 3.44. The van der Waals surface area contributed by atoms with E-state index < -0.39 is 11.7 Å². The van der Waals surface area contributed by atoms with Crippen molar-refractivity contribution in [3.8, 4) is 11.1 Å². The molecular formula is C23H23FN6O2.